The monoisotopic (exact) mass is 418 g/mol. The van der Waals surface area contributed by atoms with Crippen molar-refractivity contribution in [1.29, 1.82) is 0 Å². The Kier molecular flexibility index (Phi) is 6.99. The summed E-state index contributed by atoms with van der Waals surface area (Å²) in [5.41, 5.74) is 3.87. The molecule has 1 aromatic heterocycles. The van der Waals surface area contributed by atoms with E-state index in [-0.39, 0.29) is 11.8 Å². The topological polar surface area (TPSA) is 70.2 Å². The van der Waals surface area contributed by atoms with E-state index in [1.165, 1.54) is 25.9 Å². The number of nitrogens with zero attached hydrogens (tertiary/aromatic N) is 2. The average molecular weight is 419 g/mol. The average Bonchev–Trinajstić information content (AvgIpc) is 3.52. The minimum Gasteiger partial charge on any atom is -0.497 e. The molecule has 162 valence electrons. The number of carbonyl (C=O) groups is 1. The highest BCUT2D eigenvalue weighted by Gasteiger charge is 2.22. The molecule has 0 spiro atoms. The van der Waals surface area contributed by atoms with Gasteiger partial charge in [0.25, 0.3) is 0 Å². The number of rotatable bonds is 9. The molecule has 6 heteroatoms. The summed E-state index contributed by atoms with van der Waals surface area (Å²) in [7, 11) is 1.66. The molecule has 0 aliphatic carbocycles. The molecular formula is C25H30N4O2. The number of nitrogens with one attached hydrogen (secondary N) is 2. The molecule has 0 saturated carbocycles. The number of carbonyl (C=O) groups excluding carboxylic acids is 1. The minimum absolute atomic E-state index is 0.0192. The lowest BCUT2D eigenvalue weighted by molar-refractivity contribution is -0.117. The Labute approximate surface area is 183 Å². The maximum atomic E-state index is 13.3. The summed E-state index contributed by atoms with van der Waals surface area (Å²) in [5, 5.41) is 9.92. The number of aromatic amines is 1. The largest absolute Gasteiger partial charge is 0.497 e. The third kappa shape index (κ3) is 5.52. The van der Waals surface area contributed by atoms with Crippen LogP contribution in [0.2, 0.25) is 0 Å². The van der Waals surface area contributed by atoms with Crippen molar-refractivity contribution in [2.45, 2.75) is 31.6 Å². The lowest BCUT2D eigenvalue weighted by atomic mass is 9.92. The molecule has 4 rings (SSSR count). The van der Waals surface area contributed by atoms with Gasteiger partial charge in [-0.15, -0.1) is 0 Å². The first-order chi connectivity index (χ1) is 15.2. The van der Waals surface area contributed by atoms with Gasteiger partial charge in [0.15, 0.2) is 0 Å². The molecule has 1 unspecified atom stereocenters. The smallest absolute Gasteiger partial charge is 0.231 e. The van der Waals surface area contributed by atoms with Crippen LogP contribution in [-0.4, -0.2) is 47.7 Å². The van der Waals surface area contributed by atoms with Crippen LogP contribution in [0, 0.1) is 0 Å². The van der Waals surface area contributed by atoms with E-state index in [0.717, 1.165) is 47.5 Å². The van der Waals surface area contributed by atoms with Crippen molar-refractivity contribution in [3.63, 3.8) is 0 Å². The lowest BCUT2D eigenvalue weighted by Gasteiger charge is -2.20. The van der Waals surface area contributed by atoms with Crippen molar-refractivity contribution in [3.05, 3.63) is 66.5 Å². The van der Waals surface area contributed by atoms with Gasteiger partial charge in [0.2, 0.25) is 5.91 Å². The highest BCUT2D eigenvalue weighted by atomic mass is 16.5. The number of ether oxygens (including phenoxy) is 1. The first-order valence-electron chi connectivity index (χ1n) is 11.0. The predicted octanol–water partition coefficient (Wildman–Crippen LogP) is 4.68. The van der Waals surface area contributed by atoms with Crippen LogP contribution >= 0.6 is 0 Å². The van der Waals surface area contributed by atoms with Gasteiger partial charge in [-0.25, -0.2) is 0 Å². The molecule has 1 aliphatic heterocycles. The minimum atomic E-state index is -0.216. The summed E-state index contributed by atoms with van der Waals surface area (Å²) >= 11 is 0. The molecule has 2 aromatic carbocycles. The van der Waals surface area contributed by atoms with Gasteiger partial charge in [0.05, 0.1) is 19.2 Å². The first kappa shape index (κ1) is 21.1. The summed E-state index contributed by atoms with van der Waals surface area (Å²) in [6.45, 7) is 3.41. The standard InChI is InChI=1S/C25H30N4O2/c1-31-23-7-4-6-20(16-23)24(8-5-15-29-13-2-3-14-29)25(30)28-22-11-9-19(10-12-22)21-17-26-27-18-21/h4,6-7,9-12,16-18,24H,2-3,5,8,13-15H2,1H3,(H,26,27)(H,28,30). The van der Waals surface area contributed by atoms with E-state index in [4.69, 9.17) is 4.74 Å². The van der Waals surface area contributed by atoms with Crippen LogP contribution in [0.3, 0.4) is 0 Å². The highest BCUT2D eigenvalue weighted by molar-refractivity contribution is 5.96. The summed E-state index contributed by atoms with van der Waals surface area (Å²) in [4.78, 5) is 15.8. The Morgan fingerprint density at radius 2 is 1.97 bits per heavy atom. The summed E-state index contributed by atoms with van der Waals surface area (Å²) in [6.07, 6.45) is 8.01. The number of benzene rings is 2. The van der Waals surface area contributed by atoms with Gasteiger partial charge in [-0.2, -0.15) is 5.10 Å². The van der Waals surface area contributed by atoms with Crippen molar-refractivity contribution < 1.29 is 9.53 Å². The molecule has 3 aromatic rings. The van der Waals surface area contributed by atoms with Crippen molar-refractivity contribution >= 4 is 11.6 Å². The van der Waals surface area contributed by atoms with Gasteiger partial charge < -0.3 is 15.0 Å². The molecule has 1 amide bonds. The van der Waals surface area contributed by atoms with E-state index in [9.17, 15) is 4.79 Å². The van der Waals surface area contributed by atoms with Crippen LogP contribution in [0.5, 0.6) is 5.75 Å². The fourth-order valence-corrected chi connectivity index (χ4v) is 4.22. The van der Waals surface area contributed by atoms with Crippen LogP contribution in [0.15, 0.2) is 60.9 Å². The Balaban J connectivity index is 1.45. The molecule has 1 saturated heterocycles. The molecule has 0 bridgehead atoms. The highest BCUT2D eigenvalue weighted by Crippen LogP contribution is 2.28. The zero-order valence-electron chi connectivity index (χ0n) is 18.0. The number of hydrogen-bond donors (Lipinski definition) is 2. The SMILES string of the molecule is COc1cccc(C(CCCN2CCCC2)C(=O)Nc2ccc(-c3cn[nH]c3)cc2)c1. The van der Waals surface area contributed by atoms with Crippen LogP contribution in [0.25, 0.3) is 11.1 Å². The van der Waals surface area contributed by atoms with Crippen LogP contribution in [-0.2, 0) is 4.79 Å². The van der Waals surface area contributed by atoms with Crippen LogP contribution in [0.1, 0.15) is 37.2 Å². The molecule has 2 heterocycles. The van der Waals surface area contributed by atoms with Crippen molar-refractivity contribution in [1.82, 2.24) is 15.1 Å². The molecular weight excluding hydrogens is 388 g/mol. The maximum Gasteiger partial charge on any atom is 0.231 e. The fraction of sp³-hybridized carbons (Fsp3) is 0.360. The van der Waals surface area contributed by atoms with E-state index in [1.807, 2.05) is 54.7 Å². The van der Waals surface area contributed by atoms with Gasteiger partial charge in [0, 0.05) is 17.4 Å². The molecule has 0 radical (unpaired) electrons. The van der Waals surface area contributed by atoms with E-state index in [1.54, 1.807) is 13.3 Å². The Bertz CT molecular complexity index is 963. The summed E-state index contributed by atoms with van der Waals surface area (Å²) < 4.78 is 5.39. The Morgan fingerprint density at radius 1 is 1.16 bits per heavy atom. The molecule has 1 atom stereocenters. The predicted molar refractivity (Wildman–Crippen MR) is 123 cm³/mol. The number of H-pyrrole nitrogens is 1. The van der Waals surface area contributed by atoms with Crippen LogP contribution < -0.4 is 10.1 Å². The fourth-order valence-electron chi connectivity index (χ4n) is 4.22. The van der Waals surface area contributed by atoms with E-state index < -0.39 is 0 Å². The second kappa shape index (κ2) is 10.3. The normalized spacial score (nSPS) is 15.0. The van der Waals surface area contributed by atoms with Crippen molar-refractivity contribution in [2.75, 3.05) is 32.1 Å². The van der Waals surface area contributed by atoms with E-state index in [2.05, 4.69) is 20.4 Å². The molecule has 1 fully saturated rings. The van der Waals surface area contributed by atoms with Gasteiger partial charge in [-0.3, -0.25) is 9.89 Å². The number of methoxy groups -OCH3 is 1. The number of anilines is 1. The molecule has 6 nitrogen and oxygen atoms in total. The first-order valence-corrected chi connectivity index (χ1v) is 11.0. The second-order valence-corrected chi connectivity index (χ2v) is 8.07. The number of likely N-dealkylation sites (tertiary alicyclic amines) is 1. The number of aromatic nitrogens is 2. The maximum absolute atomic E-state index is 13.3. The molecule has 31 heavy (non-hydrogen) atoms. The third-order valence-corrected chi connectivity index (χ3v) is 5.96. The quantitative estimate of drug-likeness (QED) is 0.529. The number of amides is 1. The Hall–Kier alpha value is -3.12. The van der Waals surface area contributed by atoms with Crippen molar-refractivity contribution in [3.8, 4) is 16.9 Å². The lowest BCUT2D eigenvalue weighted by Crippen LogP contribution is -2.24. The molecule has 1 aliphatic rings. The second-order valence-electron chi connectivity index (χ2n) is 8.07. The Morgan fingerprint density at radius 3 is 2.68 bits per heavy atom. The van der Waals surface area contributed by atoms with Gasteiger partial charge >= 0.3 is 0 Å². The van der Waals surface area contributed by atoms with Crippen molar-refractivity contribution in [2.24, 2.45) is 0 Å². The van der Waals surface area contributed by atoms with Gasteiger partial charge in [-0.05, 0) is 80.7 Å². The summed E-state index contributed by atoms with van der Waals surface area (Å²) in [5.74, 6) is 0.580. The zero-order chi connectivity index (χ0) is 21.5. The van der Waals surface area contributed by atoms with Gasteiger partial charge in [0.1, 0.15) is 5.75 Å². The molecule has 2 N–H and O–H groups in total. The zero-order valence-corrected chi connectivity index (χ0v) is 18.0. The number of hydrogen-bond acceptors (Lipinski definition) is 4. The van der Waals surface area contributed by atoms with Crippen LogP contribution in [0.4, 0.5) is 5.69 Å². The summed E-state index contributed by atoms with van der Waals surface area (Å²) in [6, 6.07) is 15.7. The van der Waals surface area contributed by atoms with Gasteiger partial charge in [-0.1, -0.05) is 24.3 Å². The third-order valence-electron chi connectivity index (χ3n) is 5.96. The van der Waals surface area contributed by atoms with E-state index in [0.29, 0.717) is 0 Å². The van der Waals surface area contributed by atoms with E-state index >= 15 is 0 Å².